The van der Waals surface area contributed by atoms with Gasteiger partial charge in [-0.3, -0.25) is 10.1 Å². The van der Waals surface area contributed by atoms with Crippen molar-refractivity contribution in [2.24, 2.45) is 0 Å². The number of hydrogen-bond donors (Lipinski definition) is 0. The average molecular weight is 384 g/mol. The smallest absolute Gasteiger partial charge is 0.336 e. The van der Waals surface area contributed by atoms with Crippen molar-refractivity contribution >= 4 is 16.7 Å². The second-order valence-electron chi connectivity index (χ2n) is 6.16. The molecule has 0 saturated carbocycles. The minimum absolute atomic E-state index is 0.0741. The number of nitrogens with zero attached hydrogens (tertiary/aromatic N) is 2. The van der Waals surface area contributed by atoms with Crippen molar-refractivity contribution in [3.63, 3.8) is 0 Å². The van der Waals surface area contributed by atoms with Crippen LogP contribution in [-0.4, -0.2) is 4.92 Å². The summed E-state index contributed by atoms with van der Waals surface area (Å²) in [5.74, 6) is 0.166. The second kappa shape index (κ2) is 7.29. The molecule has 140 valence electrons. The lowest BCUT2D eigenvalue weighted by Gasteiger charge is -2.09. The Balaban J connectivity index is 1.81. The Kier molecular flexibility index (Phi) is 4.51. The minimum Gasteiger partial charge on any atom is -0.450 e. The highest BCUT2D eigenvalue weighted by Crippen LogP contribution is 2.35. The summed E-state index contributed by atoms with van der Waals surface area (Å²) >= 11 is 0. The van der Waals surface area contributed by atoms with Gasteiger partial charge >= 0.3 is 11.3 Å². The molecule has 3 aromatic carbocycles. The van der Waals surface area contributed by atoms with Crippen LogP contribution in [0.2, 0.25) is 0 Å². The Bertz CT molecular complexity index is 1340. The van der Waals surface area contributed by atoms with Crippen LogP contribution in [0.25, 0.3) is 22.1 Å². The van der Waals surface area contributed by atoms with Crippen molar-refractivity contribution < 1.29 is 14.1 Å². The lowest BCUT2D eigenvalue weighted by molar-refractivity contribution is -0.385. The summed E-state index contributed by atoms with van der Waals surface area (Å²) < 4.78 is 11.0. The molecule has 7 nitrogen and oxygen atoms in total. The normalized spacial score (nSPS) is 10.4. The van der Waals surface area contributed by atoms with Crippen LogP contribution in [0.15, 0.2) is 82.0 Å². The van der Waals surface area contributed by atoms with E-state index in [4.69, 9.17) is 14.4 Å². The third kappa shape index (κ3) is 3.55. The number of nitro benzene ring substituents is 1. The van der Waals surface area contributed by atoms with E-state index in [0.717, 1.165) is 5.56 Å². The molecular weight excluding hydrogens is 372 g/mol. The average Bonchev–Trinajstić information content (AvgIpc) is 2.73. The van der Waals surface area contributed by atoms with Crippen molar-refractivity contribution in [1.29, 1.82) is 5.26 Å². The quantitative estimate of drug-likeness (QED) is 0.277. The van der Waals surface area contributed by atoms with Crippen LogP contribution in [0.5, 0.6) is 11.5 Å². The lowest BCUT2D eigenvalue weighted by Crippen LogP contribution is -1.98. The van der Waals surface area contributed by atoms with E-state index in [1.807, 2.05) is 36.4 Å². The fourth-order valence-corrected chi connectivity index (χ4v) is 3.01. The Morgan fingerprint density at radius 1 is 1.00 bits per heavy atom. The summed E-state index contributed by atoms with van der Waals surface area (Å²) in [6.45, 7) is 0. The van der Waals surface area contributed by atoms with Gasteiger partial charge in [-0.05, 0) is 29.3 Å². The van der Waals surface area contributed by atoms with Crippen LogP contribution < -0.4 is 10.4 Å². The van der Waals surface area contributed by atoms with E-state index in [0.29, 0.717) is 10.9 Å². The summed E-state index contributed by atoms with van der Waals surface area (Å²) in [4.78, 5) is 22.7. The van der Waals surface area contributed by atoms with E-state index < -0.39 is 10.5 Å². The minimum atomic E-state index is -0.592. The molecule has 29 heavy (non-hydrogen) atoms. The molecule has 0 unspecified atom stereocenters. The summed E-state index contributed by atoms with van der Waals surface area (Å²) in [5, 5.41) is 21.0. The molecule has 1 aromatic heterocycles. The number of rotatable bonds is 4. The first-order valence-electron chi connectivity index (χ1n) is 8.55. The molecule has 0 fully saturated rings. The summed E-state index contributed by atoms with van der Waals surface area (Å²) in [6, 6.07) is 21.4. The van der Waals surface area contributed by atoms with Crippen LogP contribution in [0, 0.1) is 21.4 Å². The predicted octanol–water partition coefficient (Wildman–Crippen LogP) is 5.03. The molecule has 4 aromatic rings. The number of nitriles is 1. The topological polar surface area (TPSA) is 106 Å². The fraction of sp³-hybridized carbons (Fsp3) is 0. The first-order chi connectivity index (χ1) is 14.0. The number of fused-ring (bicyclic) bond motifs is 1. The van der Waals surface area contributed by atoms with Crippen LogP contribution in [-0.2, 0) is 0 Å². The SMILES string of the molecule is N#Cc1ccc([N+](=O)[O-])c(Oc2ccc3c(-c4ccccc4)cc(=O)oc3c2)c1. The first-order valence-corrected chi connectivity index (χ1v) is 8.55. The first kappa shape index (κ1) is 17.9. The maximum Gasteiger partial charge on any atom is 0.336 e. The highest BCUT2D eigenvalue weighted by atomic mass is 16.6. The maximum atomic E-state index is 12.0. The molecule has 0 aliphatic carbocycles. The molecule has 0 N–H and O–H groups in total. The van der Waals surface area contributed by atoms with Gasteiger partial charge in [-0.2, -0.15) is 5.26 Å². The maximum absolute atomic E-state index is 12.0. The van der Waals surface area contributed by atoms with Crippen molar-refractivity contribution in [3.05, 3.63) is 98.9 Å². The summed E-state index contributed by atoms with van der Waals surface area (Å²) in [7, 11) is 0. The molecule has 1 heterocycles. The molecule has 0 atom stereocenters. The number of nitro groups is 1. The predicted molar refractivity (Wildman–Crippen MR) is 106 cm³/mol. The molecular formula is C22H12N2O5. The van der Waals surface area contributed by atoms with Gasteiger partial charge in [0.1, 0.15) is 11.3 Å². The van der Waals surface area contributed by atoms with Gasteiger partial charge in [-0.25, -0.2) is 4.79 Å². The molecule has 0 bridgehead atoms. The molecule has 0 saturated heterocycles. The van der Waals surface area contributed by atoms with E-state index in [2.05, 4.69) is 0 Å². The molecule has 0 radical (unpaired) electrons. The molecule has 0 amide bonds. The monoisotopic (exact) mass is 384 g/mol. The summed E-state index contributed by atoms with van der Waals surface area (Å²) in [6.07, 6.45) is 0. The zero-order valence-electron chi connectivity index (χ0n) is 14.9. The van der Waals surface area contributed by atoms with Crippen LogP contribution in [0.1, 0.15) is 5.56 Å². The Morgan fingerprint density at radius 2 is 1.79 bits per heavy atom. The van der Waals surface area contributed by atoms with Crippen LogP contribution in [0.4, 0.5) is 5.69 Å². The van der Waals surface area contributed by atoms with E-state index in [1.165, 1.54) is 30.3 Å². The van der Waals surface area contributed by atoms with Gasteiger partial charge in [0.2, 0.25) is 5.75 Å². The highest BCUT2D eigenvalue weighted by molar-refractivity contribution is 5.93. The Labute approximate surface area is 164 Å². The fourth-order valence-electron chi connectivity index (χ4n) is 3.01. The molecule has 7 heteroatoms. The number of benzene rings is 3. The molecule has 0 aliphatic rings. The van der Waals surface area contributed by atoms with E-state index >= 15 is 0 Å². The summed E-state index contributed by atoms with van der Waals surface area (Å²) in [5.41, 5.74) is 1.28. The van der Waals surface area contributed by atoms with Gasteiger partial charge < -0.3 is 9.15 Å². The zero-order valence-corrected chi connectivity index (χ0v) is 14.9. The number of ether oxygens (including phenoxy) is 1. The highest BCUT2D eigenvalue weighted by Gasteiger charge is 2.17. The standard InChI is InChI=1S/C22H12N2O5/c23-13-14-6-9-19(24(26)27)21(10-14)28-16-7-8-17-18(15-4-2-1-3-5-15)12-22(25)29-20(17)11-16/h1-12H. The second-order valence-corrected chi connectivity index (χ2v) is 6.16. The van der Waals surface area contributed by atoms with Crippen molar-refractivity contribution in [1.82, 2.24) is 0 Å². The van der Waals surface area contributed by atoms with Crippen molar-refractivity contribution in [2.45, 2.75) is 0 Å². The van der Waals surface area contributed by atoms with Gasteiger partial charge in [0.15, 0.2) is 0 Å². The molecule has 4 rings (SSSR count). The molecule has 0 aliphatic heterocycles. The van der Waals surface area contributed by atoms with Crippen molar-refractivity contribution in [2.75, 3.05) is 0 Å². The van der Waals surface area contributed by atoms with E-state index in [9.17, 15) is 14.9 Å². The lowest BCUT2D eigenvalue weighted by atomic mass is 10.0. The number of hydrogen-bond acceptors (Lipinski definition) is 6. The van der Waals surface area contributed by atoms with Gasteiger partial charge in [-0.1, -0.05) is 30.3 Å². The zero-order chi connectivity index (χ0) is 20.4. The van der Waals surface area contributed by atoms with E-state index in [-0.39, 0.29) is 28.3 Å². The van der Waals surface area contributed by atoms with Gasteiger partial charge in [-0.15, -0.1) is 0 Å². The Hall–Kier alpha value is -4.44. The van der Waals surface area contributed by atoms with E-state index in [1.54, 1.807) is 12.1 Å². The third-order valence-corrected chi connectivity index (χ3v) is 4.31. The third-order valence-electron chi connectivity index (χ3n) is 4.31. The largest absolute Gasteiger partial charge is 0.450 e. The van der Waals surface area contributed by atoms with Gasteiger partial charge in [0, 0.05) is 29.7 Å². The van der Waals surface area contributed by atoms with Gasteiger partial charge in [0.25, 0.3) is 0 Å². The van der Waals surface area contributed by atoms with Crippen molar-refractivity contribution in [3.8, 4) is 28.7 Å². The van der Waals surface area contributed by atoms with Crippen LogP contribution in [0.3, 0.4) is 0 Å². The van der Waals surface area contributed by atoms with Crippen LogP contribution >= 0.6 is 0 Å². The van der Waals surface area contributed by atoms with Gasteiger partial charge in [0.05, 0.1) is 16.6 Å². The molecule has 0 spiro atoms. The Morgan fingerprint density at radius 3 is 2.52 bits per heavy atom.